The van der Waals surface area contributed by atoms with Crippen LogP contribution in [0.1, 0.15) is 13.8 Å². The van der Waals surface area contributed by atoms with Gasteiger partial charge < -0.3 is 15.4 Å². The second-order valence-electron chi connectivity index (χ2n) is 3.88. The summed E-state index contributed by atoms with van der Waals surface area (Å²) in [5.74, 6) is 2.25. The summed E-state index contributed by atoms with van der Waals surface area (Å²) in [6.45, 7) is 5.45. The molecule has 0 bridgehead atoms. The number of ether oxygens (including phenoxy) is 1. The van der Waals surface area contributed by atoms with Gasteiger partial charge in [0.2, 0.25) is 5.95 Å². The van der Waals surface area contributed by atoms with E-state index in [0.29, 0.717) is 12.6 Å². The molecule has 0 fully saturated rings. The first-order valence-electron chi connectivity index (χ1n) is 6.38. The Hall–Kier alpha value is -2.30. The lowest BCUT2D eigenvalue weighted by atomic mass is 10.3. The lowest BCUT2D eigenvalue weighted by Gasteiger charge is -2.08. The Balaban J connectivity index is 2.05. The SMILES string of the molecule is CCNc1nccc(Nc2ccc(OCC)cc2)n1. The van der Waals surface area contributed by atoms with Crippen molar-refractivity contribution in [2.75, 3.05) is 23.8 Å². The number of rotatable bonds is 6. The van der Waals surface area contributed by atoms with Gasteiger partial charge in [-0.2, -0.15) is 4.98 Å². The van der Waals surface area contributed by atoms with E-state index in [-0.39, 0.29) is 0 Å². The van der Waals surface area contributed by atoms with Crippen molar-refractivity contribution in [1.82, 2.24) is 9.97 Å². The Morgan fingerprint density at radius 1 is 1.11 bits per heavy atom. The molecular formula is C14H18N4O. The molecule has 0 radical (unpaired) electrons. The van der Waals surface area contributed by atoms with Gasteiger partial charge in [-0.05, 0) is 44.2 Å². The van der Waals surface area contributed by atoms with Crippen molar-refractivity contribution in [1.29, 1.82) is 0 Å². The molecule has 0 saturated carbocycles. The topological polar surface area (TPSA) is 59.1 Å². The van der Waals surface area contributed by atoms with Crippen LogP contribution < -0.4 is 15.4 Å². The molecule has 0 atom stereocenters. The fraction of sp³-hybridized carbons (Fsp3) is 0.286. The minimum Gasteiger partial charge on any atom is -0.494 e. The summed E-state index contributed by atoms with van der Waals surface area (Å²) in [6.07, 6.45) is 1.72. The Morgan fingerprint density at radius 2 is 1.89 bits per heavy atom. The zero-order valence-electron chi connectivity index (χ0n) is 11.2. The van der Waals surface area contributed by atoms with E-state index in [4.69, 9.17) is 4.74 Å². The fourth-order valence-electron chi connectivity index (χ4n) is 1.62. The Kier molecular flexibility index (Phi) is 4.55. The maximum Gasteiger partial charge on any atom is 0.224 e. The third-order valence-corrected chi connectivity index (χ3v) is 2.43. The van der Waals surface area contributed by atoms with Crippen LogP contribution in [0.2, 0.25) is 0 Å². The molecule has 1 heterocycles. The number of anilines is 3. The molecule has 0 aliphatic rings. The minimum absolute atomic E-state index is 0.624. The van der Waals surface area contributed by atoms with Crippen LogP contribution in [-0.4, -0.2) is 23.1 Å². The molecule has 19 heavy (non-hydrogen) atoms. The second kappa shape index (κ2) is 6.58. The minimum atomic E-state index is 0.624. The van der Waals surface area contributed by atoms with Gasteiger partial charge in [0.05, 0.1) is 6.61 Å². The van der Waals surface area contributed by atoms with E-state index in [0.717, 1.165) is 23.8 Å². The molecule has 5 nitrogen and oxygen atoms in total. The van der Waals surface area contributed by atoms with E-state index < -0.39 is 0 Å². The maximum absolute atomic E-state index is 5.40. The van der Waals surface area contributed by atoms with Gasteiger partial charge in [0.1, 0.15) is 11.6 Å². The Bertz CT molecular complexity index is 513. The lowest BCUT2D eigenvalue weighted by molar-refractivity contribution is 0.340. The van der Waals surface area contributed by atoms with Crippen LogP contribution in [0.4, 0.5) is 17.5 Å². The smallest absolute Gasteiger partial charge is 0.224 e. The van der Waals surface area contributed by atoms with Crippen molar-refractivity contribution >= 4 is 17.5 Å². The van der Waals surface area contributed by atoms with E-state index in [1.54, 1.807) is 6.20 Å². The maximum atomic E-state index is 5.40. The number of nitrogens with zero attached hydrogens (tertiary/aromatic N) is 2. The molecule has 0 aliphatic heterocycles. The van der Waals surface area contributed by atoms with Crippen molar-refractivity contribution < 1.29 is 4.74 Å². The average molecular weight is 258 g/mol. The van der Waals surface area contributed by atoms with Crippen molar-refractivity contribution in [2.45, 2.75) is 13.8 Å². The number of benzene rings is 1. The molecule has 0 unspecified atom stereocenters. The first-order chi connectivity index (χ1) is 9.31. The number of aromatic nitrogens is 2. The van der Waals surface area contributed by atoms with E-state index >= 15 is 0 Å². The molecule has 1 aromatic carbocycles. The second-order valence-corrected chi connectivity index (χ2v) is 3.88. The van der Waals surface area contributed by atoms with Crippen LogP contribution >= 0.6 is 0 Å². The molecule has 100 valence electrons. The molecule has 0 aliphatic carbocycles. The summed E-state index contributed by atoms with van der Waals surface area (Å²) >= 11 is 0. The first-order valence-corrected chi connectivity index (χ1v) is 6.38. The summed E-state index contributed by atoms with van der Waals surface area (Å²) in [5.41, 5.74) is 0.963. The molecule has 2 aromatic rings. The van der Waals surface area contributed by atoms with Crippen LogP contribution in [0.5, 0.6) is 5.75 Å². The van der Waals surface area contributed by atoms with Gasteiger partial charge in [-0.1, -0.05) is 0 Å². The highest BCUT2D eigenvalue weighted by Gasteiger charge is 1.99. The third kappa shape index (κ3) is 3.84. The first kappa shape index (κ1) is 13.1. The molecular weight excluding hydrogens is 240 g/mol. The third-order valence-electron chi connectivity index (χ3n) is 2.43. The highest BCUT2D eigenvalue weighted by atomic mass is 16.5. The Morgan fingerprint density at radius 3 is 2.58 bits per heavy atom. The molecule has 0 amide bonds. The summed E-state index contributed by atoms with van der Waals surface area (Å²) in [6, 6.07) is 9.60. The zero-order chi connectivity index (χ0) is 13.5. The van der Waals surface area contributed by atoms with Crippen molar-refractivity contribution in [3.8, 4) is 5.75 Å². The number of hydrogen-bond acceptors (Lipinski definition) is 5. The summed E-state index contributed by atoms with van der Waals surface area (Å²) in [4.78, 5) is 8.48. The molecule has 2 N–H and O–H groups in total. The molecule has 2 rings (SSSR count). The highest BCUT2D eigenvalue weighted by Crippen LogP contribution is 2.19. The fourth-order valence-corrected chi connectivity index (χ4v) is 1.62. The van der Waals surface area contributed by atoms with Crippen molar-refractivity contribution in [3.05, 3.63) is 36.5 Å². The average Bonchev–Trinajstić information content (AvgIpc) is 2.42. The monoisotopic (exact) mass is 258 g/mol. The number of nitrogens with one attached hydrogen (secondary N) is 2. The lowest BCUT2D eigenvalue weighted by Crippen LogP contribution is -2.03. The number of hydrogen-bond donors (Lipinski definition) is 2. The van der Waals surface area contributed by atoms with Crippen molar-refractivity contribution in [2.24, 2.45) is 0 Å². The molecule has 5 heteroatoms. The van der Waals surface area contributed by atoms with Gasteiger partial charge in [0.25, 0.3) is 0 Å². The summed E-state index contributed by atoms with van der Waals surface area (Å²) < 4.78 is 5.40. The molecule has 0 saturated heterocycles. The van der Waals surface area contributed by atoms with Gasteiger partial charge in [0.15, 0.2) is 0 Å². The van der Waals surface area contributed by atoms with Gasteiger partial charge in [-0.3, -0.25) is 0 Å². The van der Waals surface area contributed by atoms with Gasteiger partial charge in [0, 0.05) is 18.4 Å². The van der Waals surface area contributed by atoms with Crippen LogP contribution in [0, 0.1) is 0 Å². The van der Waals surface area contributed by atoms with E-state index in [1.807, 2.05) is 44.2 Å². The Labute approximate surface area is 113 Å². The van der Waals surface area contributed by atoms with E-state index in [1.165, 1.54) is 0 Å². The summed E-state index contributed by atoms with van der Waals surface area (Å²) in [7, 11) is 0. The normalized spacial score (nSPS) is 10.0. The van der Waals surface area contributed by atoms with E-state index in [2.05, 4.69) is 20.6 Å². The predicted molar refractivity (Wildman–Crippen MR) is 77.1 cm³/mol. The van der Waals surface area contributed by atoms with Crippen LogP contribution in [0.15, 0.2) is 36.5 Å². The van der Waals surface area contributed by atoms with Gasteiger partial charge >= 0.3 is 0 Å². The van der Waals surface area contributed by atoms with Crippen LogP contribution in [0.25, 0.3) is 0 Å². The van der Waals surface area contributed by atoms with Gasteiger partial charge in [-0.15, -0.1) is 0 Å². The zero-order valence-corrected chi connectivity index (χ0v) is 11.2. The highest BCUT2D eigenvalue weighted by molar-refractivity contribution is 5.57. The molecule has 1 aromatic heterocycles. The molecule has 0 spiro atoms. The largest absolute Gasteiger partial charge is 0.494 e. The standard InChI is InChI=1S/C14H18N4O/c1-3-15-14-16-10-9-13(18-14)17-11-5-7-12(8-6-11)19-4-2/h5-10H,3-4H2,1-2H3,(H2,15,16,17,18). The predicted octanol–water partition coefficient (Wildman–Crippen LogP) is 3.05. The van der Waals surface area contributed by atoms with Gasteiger partial charge in [-0.25, -0.2) is 4.98 Å². The summed E-state index contributed by atoms with van der Waals surface area (Å²) in [5, 5.41) is 6.30. The van der Waals surface area contributed by atoms with Crippen molar-refractivity contribution in [3.63, 3.8) is 0 Å². The van der Waals surface area contributed by atoms with Crippen LogP contribution in [0.3, 0.4) is 0 Å². The quantitative estimate of drug-likeness (QED) is 0.834. The van der Waals surface area contributed by atoms with E-state index in [9.17, 15) is 0 Å². The van der Waals surface area contributed by atoms with Crippen LogP contribution in [-0.2, 0) is 0 Å².